The first-order chi connectivity index (χ1) is 4.35. The van der Waals surface area contributed by atoms with Crippen molar-refractivity contribution in [3.8, 4) is 0 Å². The first-order valence-corrected chi connectivity index (χ1v) is 3.12. The van der Waals surface area contributed by atoms with Gasteiger partial charge in [0.15, 0.2) is 0 Å². The van der Waals surface area contributed by atoms with E-state index in [4.69, 9.17) is 10.2 Å². The van der Waals surface area contributed by atoms with Gasteiger partial charge in [-0.15, -0.1) is 0 Å². The molecule has 2 N–H and O–H groups in total. The van der Waals surface area contributed by atoms with Crippen molar-refractivity contribution in [2.45, 2.75) is 12.8 Å². The Kier molecular flexibility index (Phi) is 5.88. The second kappa shape index (κ2) is 5.98. The second-order valence-corrected chi connectivity index (χ2v) is 2.04. The summed E-state index contributed by atoms with van der Waals surface area (Å²) in [4.78, 5) is 0. The van der Waals surface area contributed by atoms with Gasteiger partial charge in [-0.05, 0) is 18.8 Å². The minimum atomic E-state index is -0.443. The third kappa shape index (κ3) is 4.36. The molecule has 0 radical (unpaired) electrons. The Balaban J connectivity index is 3.18. The summed E-state index contributed by atoms with van der Waals surface area (Å²) in [6, 6.07) is 0. The van der Waals surface area contributed by atoms with Crippen molar-refractivity contribution < 1.29 is 14.6 Å². The maximum absolute atomic E-state index is 11.8. The van der Waals surface area contributed by atoms with Crippen LogP contribution in [0.4, 0.5) is 4.39 Å². The molecule has 0 aliphatic heterocycles. The molecule has 0 amide bonds. The van der Waals surface area contributed by atoms with Gasteiger partial charge in [-0.1, -0.05) is 0 Å². The average Bonchev–Trinajstić information content (AvgIpc) is 1.88. The molecule has 0 saturated heterocycles. The predicted octanol–water partition coefficient (Wildman–Crippen LogP) is 0.337. The quantitative estimate of drug-likeness (QED) is 0.572. The standard InChI is InChI=1S/C6H13FO2/c7-5-6(1-3-8)2-4-9/h6,8-9H,1-5H2. The molecule has 0 saturated carbocycles. The predicted molar refractivity (Wildman–Crippen MR) is 32.9 cm³/mol. The monoisotopic (exact) mass is 136 g/mol. The highest BCUT2D eigenvalue weighted by Crippen LogP contribution is 2.06. The van der Waals surface area contributed by atoms with Crippen LogP contribution >= 0.6 is 0 Å². The fourth-order valence-electron chi connectivity index (χ4n) is 0.664. The Bertz CT molecular complexity index is 53.0. The van der Waals surface area contributed by atoms with Crippen LogP contribution in [0.2, 0.25) is 0 Å². The van der Waals surface area contributed by atoms with Crippen molar-refractivity contribution in [1.82, 2.24) is 0 Å². The maximum atomic E-state index is 11.8. The van der Waals surface area contributed by atoms with Crippen LogP contribution in [0.1, 0.15) is 12.8 Å². The van der Waals surface area contributed by atoms with E-state index in [1.807, 2.05) is 0 Å². The zero-order valence-corrected chi connectivity index (χ0v) is 5.39. The molecule has 2 nitrogen and oxygen atoms in total. The normalized spacial score (nSPS) is 10.7. The summed E-state index contributed by atoms with van der Waals surface area (Å²) in [6.07, 6.45) is 0.911. The highest BCUT2D eigenvalue weighted by Gasteiger charge is 2.05. The van der Waals surface area contributed by atoms with Gasteiger partial charge in [0.2, 0.25) is 0 Å². The van der Waals surface area contributed by atoms with E-state index in [2.05, 4.69) is 0 Å². The van der Waals surface area contributed by atoms with E-state index in [0.717, 1.165) is 0 Å². The van der Waals surface area contributed by atoms with Gasteiger partial charge in [-0.2, -0.15) is 0 Å². The van der Waals surface area contributed by atoms with Crippen LogP contribution in [0.3, 0.4) is 0 Å². The summed E-state index contributed by atoms with van der Waals surface area (Å²) in [6.45, 7) is -0.426. The van der Waals surface area contributed by atoms with E-state index in [0.29, 0.717) is 12.8 Å². The first-order valence-electron chi connectivity index (χ1n) is 3.12. The van der Waals surface area contributed by atoms with Crippen molar-refractivity contribution in [3.05, 3.63) is 0 Å². The van der Waals surface area contributed by atoms with Crippen LogP contribution < -0.4 is 0 Å². The highest BCUT2D eigenvalue weighted by molar-refractivity contribution is 4.55. The van der Waals surface area contributed by atoms with Gasteiger partial charge in [-0.25, -0.2) is 0 Å². The lowest BCUT2D eigenvalue weighted by Gasteiger charge is -2.07. The zero-order chi connectivity index (χ0) is 7.11. The smallest absolute Gasteiger partial charge is 0.0924 e. The molecule has 0 rings (SSSR count). The van der Waals surface area contributed by atoms with Gasteiger partial charge < -0.3 is 10.2 Å². The molecule has 0 fully saturated rings. The number of aliphatic hydroxyl groups is 2. The van der Waals surface area contributed by atoms with E-state index in [-0.39, 0.29) is 19.1 Å². The van der Waals surface area contributed by atoms with Gasteiger partial charge in [0.25, 0.3) is 0 Å². The number of alkyl halides is 1. The molecular formula is C6H13FO2. The van der Waals surface area contributed by atoms with Crippen molar-refractivity contribution >= 4 is 0 Å². The minimum Gasteiger partial charge on any atom is -0.396 e. The van der Waals surface area contributed by atoms with Crippen LogP contribution in [-0.2, 0) is 0 Å². The van der Waals surface area contributed by atoms with Crippen LogP contribution in [-0.4, -0.2) is 30.1 Å². The van der Waals surface area contributed by atoms with E-state index in [9.17, 15) is 4.39 Å². The lowest BCUT2D eigenvalue weighted by molar-refractivity contribution is 0.194. The minimum absolute atomic E-state index is 0.00852. The van der Waals surface area contributed by atoms with E-state index in [1.165, 1.54) is 0 Å². The molecule has 0 aliphatic rings. The van der Waals surface area contributed by atoms with E-state index in [1.54, 1.807) is 0 Å². The summed E-state index contributed by atoms with van der Waals surface area (Å²) in [5.41, 5.74) is 0. The third-order valence-corrected chi connectivity index (χ3v) is 1.29. The lowest BCUT2D eigenvalue weighted by atomic mass is 10.0. The molecule has 0 aliphatic carbocycles. The number of hydrogen-bond donors (Lipinski definition) is 2. The summed E-state index contributed by atoms with van der Waals surface area (Å²) in [5.74, 6) is -0.153. The van der Waals surface area contributed by atoms with E-state index < -0.39 is 6.67 Å². The summed E-state index contributed by atoms with van der Waals surface area (Å²) in [7, 11) is 0. The molecule has 0 aromatic rings. The molecule has 0 atom stereocenters. The fraction of sp³-hybridized carbons (Fsp3) is 1.00. The molecule has 0 bridgehead atoms. The van der Waals surface area contributed by atoms with Gasteiger partial charge in [0, 0.05) is 13.2 Å². The Morgan fingerprint density at radius 1 is 1.11 bits per heavy atom. The highest BCUT2D eigenvalue weighted by atomic mass is 19.1. The van der Waals surface area contributed by atoms with Gasteiger partial charge in [0.05, 0.1) is 6.67 Å². The fourth-order valence-corrected chi connectivity index (χ4v) is 0.664. The van der Waals surface area contributed by atoms with Crippen LogP contribution in [0.15, 0.2) is 0 Å². The number of rotatable bonds is 5. The van der Waals surface area contributed by atoms with Gasteiger partial charge in [-0.3, -0.25) is 4.39 Å². The van der Waals surface area contributed by atoms with Crippen LogP contribution in [0, 0.1) is 5.92 Å². The summed E-state index contributed by atoms with van der Waals surface area (Å²) >= 11 is 0. The van der Waals surface area contributed by atoms with Gasteiger partial charge in [0.1, 0.15) is 0 Å². The molecule has 56 valence electrons. The molecule has 0 spiro atoms. The SMILES string of the molecule is OCCC(CF)CCO. The Morgan fingerprint density at radius 2 is 1.56 bits per heavy atom. The average molecular weight is 136 g/mol. The summed E-state index contributed by atoms with van der Waals surface area (Å²) in [5, 5.41) is 16.7. The van der Waals surface area contributed by atoms with Crippen molar-refractivity contribution in [1.29, 1.82) is 0 Å². The summed E-state index contributed by atoms with van der Waals surface area (Å²) < 4.78 is 11.8. The molecule has 3 heteroatoms. The molecule has 9 heavy (non-hydrogen) atoms. The Labute approximate surface area is 54.3 Å². The number of hydrogen-bond acceptors (Lipinski definition) is 2. The van der Waals surface area contributed by atoms with Crippen LogP contribution in [0.5, 0.6) is 0 Å². The molecule has 0 aromatic carbocycles. The largest absolute Gasteiger partial charge is 0.396 e. The number of aliphatic hydroxyl groups excluding tert-OH is 2. The zero-order valence-electron chi connectivity index (χ0n) is 5.39. The van der Waals surface area contributed by atoms with Crippen molar-refractivity contribution in [2.75, 3.05) is 19.9 Å². The molecule has 0 heterocycles. The molecule has 0 unspecified atom stereocenters. The number of halogens is 1. The Hall–Kier alpha value is -0.150. The van der Waals surface area contributed by atoms with Crippen molar-refractivity contribution in [3.63, 3.8) is 0 Å². The maximum Gasteiger partial charge on any atom is 0.0924 e. The lowest BCUT2D eigenvalue weighted by Crippen LogP contribution is -2.07. The Morgan fingerprint density at radius 3 is 1.78 bits per heavy atom. The topological polar surface area (TPSA) is 40.5 Å². The van der Waals surface area contributed by atoms with Crippen molar-refractivity contribution in [2.24, 2.45) is 5.92 Å². The third-order valence-electron chi connectivity index (χ3n) is 1.29. The van der Waals surface area contributed by atoms with E-state index >= 15 is 0 Å². The molecule has 0 aromatic heterocycles. The van der Waals surface area contributed by atoms with Crippen LogP contribution in [0.25, 0.3) is 0 Å². The second-order valence-electron chi connectivity index (χ2n) is 2.04. The van der Waals surface area contributed by atoms with Gasteiger partial charge >= 0.3 is 0 Å². The molecular weight excluding hydrogens is 123 g/mol. The first kappa shape index (κ1) is 8.85.